The van der Waals surface area contributed by atoms with Crippen molar-refractivity contribution in [1.82, 2.24) is 0 Å². The van der Waals surface area contributed by atoms with Gasteiger partial charge < -0.3 is 30.6 Å². The second-order valence-corrected chi connectivity index (χ2v) is 18.7. The molecular weight excluding hydrogens is 848 g/mol. The molecular formula is C54H108FeO9. The third-order valence-electron chi connectivity index (χ3n) is 12.3. The summed E-state index contributed by atoms with van der Waals surface area (Å²) in [5, 5.41) is 53.0. The van der Waals surface area contributed by atoms with Gasteiger partial charge in [0.1, 0.15) is 0 Å². The molecule has 0 rings (SSSR count). The molecule has 10 heteroatoms. The number of aliphatic hydroxyl groups is 3. The van der Waals surface area contributed by atoms with E-state index in [-0.39, 0.29) is 17.1 Å². The average molecular weight is 957 g/mol. The summed E-state index contributed by atoms with van der Waals surface area (Å²) >= 11 is 0. The van der Waals surface area contributed by atoms with Crippen LogP contribution in [0.15, 0.2) is 0 Å². The van der Waals surface area contributed by atoms with Gasteiger partial charge in [0.05, 0.1) is 0 Å². The molecule has 0 spiro atoms. The van der Waals surface area contributed by atoms with Gasteiger partial charge in [-0.05, 0) is 19.3 Å². The largest absolute Gasteiger partial charge is 0.479 e. The van der Waals surface area contributed by atoms with Crippen molar-refractivity contribution in [3.05, 3.63) is 0 Å². The zero-order valence-corrected chi connectivity index (χ0v) is 43.4. The fourth-order valence-electron chi connectivity index (χ4n) is 7.97. The molecule has 0 aromatic rings. The number of aliphatic carboxylic acids is 3. The molecule has 0 saturated carbocycles. The van der Waals surface area contributed by atoms with Gasteiger partial charge in [0, 0.05) is 17.1 Å². The number of carboxylic acids is 3. The van der Waals surface area contributed by atoms with Crippen molar-refractivity contribution in [1.29, 1.82) is 0 Å². The summed E-state index contributed by atoms with van der Waals surface area (Å²) in [5.41, 5.74) is 0. The fourth-order valence-corrected chi connectivity index (χ4v) is 7.97. The van der Waals surface area contributed by atoms with Crippen molar-refractivity contribution in [3.63, 3.8) is 0 Å². The maximum Gasteiger partial charge on any atom is 0.332 e. The van der Waals surface area contributed by atoms with E-state index >= 15 is 0 Å². The normalized spacial score (nSPS) is 12.3. The molecule has 0 heterocycles. The number of carbonyl (C=O) groups is 3. The van der Waals surface area contributed by atoms with E-state index < -0.39 is 36.2 Å². The standard InChI is InChI=1S/3C18H36O3.Fe/c3*1-2-3-4-5-6-7-8-9-10-11-12-13-14-15-16-17(19)18(20)21;/h3*17,19H,2-16H2,1H3,(H,20,21);. The van der Waals surface area contributed by atoms with E-state index in [1.165, 1.54) is 231 Å². The van der Waals surface area contributed by atoms with Gasteiger partial charge in [-0.1, -0.05) is 290 Å². The van der Waals surface area contributed by atoms with Gasteiger partial charge in [0.15, 0.2) is 18.3 Å². The van der Waals surface area contributed by atoms with Crippen LogP contribution in [0.1, 0.15) is 310 Å². The van der Waals surface area contributed by atoms with Crippen molar-refractivity contribution in [3.8, 4) is 0 Å². The maximum absolute atomic E-state index is 10.4. The Labute approximate surface area is 406 Å². The van der Waals surface area contributed by atoms with Crippen molar-refractivity contribution < 1.29 is 62.1 Å². The Morgan fingerprint density at radius 3 is 0.469 bits per heavy atom. The summed E-state index contributed by atoms with van der Waals surface area (Å²) in [5.74, 6) is -3.28. The molecule has 64 heavy (non-hydrogen) atoms. The molecule has 0 amide bonds. The van der Waals surface area contributed by atoms with E-state index in [9.17, 15) is 14.4 Å². The van der Waals surface area contributed by atoms with Crippen molar-refractivity contribution >= 4 is 17.9 Å². The Bertz CT molecular complexity index is 807. The minimum Gasteiger partial charge on any atom is -0.479 e. The van der Waals surface area contributed by atoms with Gasteiger partial charge in [0.2, 0.25) is 0 Å². The van der Waals surface area contributed by atoms with Crippen LogP contribution in [-0.4, -0.2) is 66.9 Å². The number of unbranched alkanes of at least 4 members (excludes halogenated alkanes) is 39. The molecule has 0 aromatic carbocycles. The first-order chi connectivity index (χ1) is 30.5. The molecule has 3 atom stereocenters. The van der Waals surface area contributed by atoms with Crippen LogP contribution < -0.4 is 0 Å². The molecule has 0 aliphatic heterocycles. The van der Waals surface area contributed by atoms with Crippen molar-refractivity contribution in [2.45, 2.75) is 328 Å². The van der Waals surface area contributed by atoms with Gasteiger partial charge in [-0.3, -0.25) is 0 Å². The van der Waals surface area contributed by atoms with Crippen LogP contribution in [0.4, 0.5) is 0 Å². The van der Waals surface area contributed by atoms with Crippen LogP contribution in [0.5, 0.6) is 0 Å². The van der Waals surface area contributed by atoms with Crippen LogP contribution in [0.25, 0.3) is 0 Å². The molecule has 0 bridgehead atoms. The van der Waals surface area contributed by atoms with E-state index in [2.05, 4.69) is 20.8 Å². The summed E-state index contributed by atoms with van der Waals surface area (Å²) in [6.45, 7) is 6.77. The maximum atomic E-state index is 10.4. The molecule has 0 aromatic heterocycles. The van der Waals surface area contributed by atoms with Crippen LogP contribution in [0.2, 0.25) is 0 Å². The van der Waals surface area contributed by atoms with E-state index in [4.69, 9.17) is 30.6 Å². The second-order valence-electron chi connectivity index (χ2n) is 18.7. The van der Waals surface area contributed by atoms with Crippen LogP contribution in [-0.2, 0) is 31.5 Å². The Morgan fingerprint density at radius 1 is 0.250 bits per heavy atom. The predicted molar refractivity (Wildman–Crippen MR) is 266 cm³/mol. The van der Waals surface area contributed by atoms with Crippen LogP contribution in [0.3, 0.4) is 0 Å². The topological polar surface area (TPSA) is 173 Å². The summed E-state index contributed by atoms with van der Waals surface area (Å²) in [6.07, 6.45) is 51.8. The Balaban J connectivity index is -0.000000419. The number of hydrogen-bond donors (Lipinski definition) is 6. The van der Waals surface area contributed by atoms with Gasteiger partial charge in [-0.15, -0.1) is 0 Å². The molecule has 3 unspecified atom stereocenters. The van der Waals surface area contributed by atoms with Gasteiger partial charge in [0.25, 0.3) is 0 Å². The molecule has 6 N–H and O–H groups in total. The minimum atomic E-state index is -1.16. The van der Waals surface area contributed by atoms with E-state index in [0.29, 0.717) is 19.3 Å². The first-order valence-electron chi connectivity index (χ1n) is 27.3. The van der Waals surface area contributed by atoms with E-state index in [1.54, 1.807) is 0 Å². The Morgan fingerprint density at radius 2 is 0.359 bits per heavy atom. The zero-order chi connectivity index (χ0) is 47.3. The number of hydrogen-bond acceptors (Lipinski definition) is 6. The van der Waals surface area contributed by atoms with E-state index in [1.807, 2.05) is 0 Å². The molecule has 0 saturated heterocycles. The third kappa shape index (κ3) is 62.9. The summed E-state index contributed by atoms with van der Waals surface area (Å²) < 4.78 is 0. The summed E-state index contributed by atoms with van der Waals surface area (Å²) in [7, 11) is 0. The van der Waals surface area contributed by atoms with E-state index in [0.717, 1.165) is 38.5 Å². The smallest absolute Gasteiger partial charge is 0.332 e. The van der Waals surface area contributed by atoms with Crippen LogP contribution in [0, 0.1) is 0 Å². The molecule has 0 radical (unpaired) electrons. The molecule has 0 aliphatic carbocycles. The van der Waals surface area contributed by atoms with Crippen molar-refractivity contribution in [2.75, 3.05) is 0 Å². The number of carboxylic acid groups (broad SMARTS) is 3. The SMILES string of the molecule is CCCCCCCCCCCCCCCCC(O)C(=O)O.CCCCCCCCCCCCCCCCC(O)C(=O)O.CCCCCCCCCCCCCCCCC(O)C(=O)O.[Fe]. The Hall–Kier alpha value is -1.19. The van der Waals surface area contributed by atoms with Crippen LogP contribution >= 0.6 is 0 Å². The zero-order valence-electron chi connectivity index (χ0n) is 42.3. The molecule has 9 nitrogen and oxygen atoms in total. The first-order valence-corrected chi connectivity index (χ1v) is 27.3. The predicted octanol–water partition coefficient (Wildman–Crippen LogP) is 15.9. The molecule has 0 fully saturated rings. The average Bonchev–Trinajstić information content (AvgIpc) is 3.26. The monoisotopic (exact) mass is 957 g/mol. The summed E-state index contributed by atoms with van der Waals surface area (Å²) in [6, 6.07) is 0. The quantitative estimate of drug-likeness (QED) is 0.0256. The van der Waals surface area contributed by atoms with Crippen molar-refractivity contribution in [2.24, 2.45) is 0 Å². The van der Waals surface area contributed by atoms with Gasteiger partial charge in [-0.2, -0.15) is 0 Å². The van der Waals surface area contributed by atoms with Gasteiger partial charge in [-0.25, -0.2) is 14.4 Å². The number of rotatable bonds is 48. The molecule has 386 valence electrons. The second kappa shape index (κ2) is 59.8. The fraction of sp³-hybridized carbons (Fsp3) is 0.944. The minimum absolute atomic E-state index is 0. The molecule has 0 aliphatic rings. The van der Waals surface area contributed by atoms with Gasteiger partial charge >= 0.3 is 17.9 Å². The number of aliphatic hydroxyl groups excluding tert-OH is 3. The Kier molecular flexibility index (Phi) is 64.9. The first kappa shape index (κ1) is 69.4. The summed E-state index contributed by atoms with van der Waals surface area (Å²) in [4.78, 5) is 31.2. The third-order valence-corrected chi connectivity index (χ3v) is 12.3.